The summed E-state index contributed by atoms with van der Waals surface area (Å²) in [6.45, 7) is 4.26. The molecule has 2 saturated heterocycles. The highest BCUT2D eigenvalue weighted by Crippen LogP contribution is 2.46. The van der Waals surface area contributed by atoms with Gasteiger partial charge in [0, 0.05) is 19.5 Å². The number of nitrogens with zero attached hydrogens (tertiary/aromatic N) is 1. The number of carbonyl (C=O) groups excluding carboxylic acids is 1. The molecule has 3 aliphatic rings. The van der Waals surface area contributed by atoms with Crippen LogP contribution < -0.4 is 5.32 Å². The number of nitrogens with one attached hydrogen (secondary N) is 1. The number of piperidine rings is 2. The van der Waals surface area contributed by atoms with Crippen molar-refractivity contribution in [2.45, 2.75) is 57.8 Å². The minimum absolute atomic E-state index is 0.430. The highest BCUT2D eigenvalue weighted by atomic mass is 16.2. The summed E-state index contributed by atoms with van der Waals surface area (Å²) in [5.74, 6) is 1.07. The van der Waals surface area contributed by atoms with Crippen LogP contribution in [0.15, 0.2) is 0 Å². The molecule has 2 heterocycles. The van der Waals surface area contributed by atoms with Crippen molar-refractivity contribution in [1.29, 1.82) is 0 Å². The van der Waals surface area contributed by atoms with Crippen molar-refractivity contribution in [3.8, 4) is 0 Å². The average Bonchev–Trinajstić information content (AvgIpc) is 2.89. The Hall–Kier alpha value is -0.570. The molecule has 0 unspecified atom stereocenters. The molecule has 3 nitrogen and oxygen atoms in total. The first kappa shape index (κ1) is 13.4. The minimum Gasteiger partial charge on any atom is -0.343 e. The van der Waals surface area contributed by atoms with Crippen LogP contribution in [0.3, 0.4) is 0 Å². The molecule has 0 radical (unpaired) electrons. The standard InChI is InChI=1S/C16H28N2O/c19-15(13-14-3-9-17-10-4-14)18-11-7-16(8-12-18)5-1-2-6-16/h14,17H,1-13H2. The molecule has 0 aromatic carbocycles. The fourth-order valence-electron chi connectivity index (χ4n) is 4.32. The van der Waals surface area contributed by atoms with E-state index >= 15 is 0 Å². The summed E-state index contributed by atoms with van der Waals surface area (Å²) < 4.78 is 0. The Balaban J connectivity index is 1.46. The molecule has 1 aliphatic carbocycles. The van der Waals surface area contributed by atoms with Gasteiger partial charge in [-0.1, -0.05) is 12.8 Å². The Morgan fingerprint density at radius 2 is 1.68 bits per heavy atom. The zero-order valence-corrected chi connectivity index (χ0v) is 12.1. The summed E-state index contributed by atoms with van der Waals surface area (Å²) in [7, 11) is 0. The van der Waals surface area contributed by atoms with E-state index in [0.717, 1.165) is 32.6 Å². The summed E-state index contributed by atoms with van der Waals surface area (Å²) in [6, 6.07) is 0. The molecule has 1 saturated carbocycles. The molecule has 0 atom stereocenters. The third kappa shape index (κ3) is 3.13. The lowest BCUT2D eigenvalue weighted by molar-refractivity contribution is -0.134. The zero-order chi connectivity index (χ0) is 13.1. The number of rotatable bonds is 2. The molecule has 0 aromatic rings. The molecular weight excluding hydrogens is 236 g/mol. The normalized spacial score (nSPS) is 27.9. The predicted octanol–water partition coefficient (Wildman–Crippen LogP) is 2.56. The van der Waals surface area contributed by atoms with Crippen LogP contribution in [0.5, 0.6) is 0 Å². The second-order valence-corrected chi connectivity index (χ2v) is 6.99. The Morgan fingerprint density at radius 3 is 2.32 bits per heavy atom. The van der Waals surface area contributed by atoms with Gasteiger partial charge in [0.1, 0.15) is 0 Å². The van der Waals surface area contributed by atoms with E-state index in [1.165, 1.54) is 51.4 Å². The van der Waals surface area contributed by atoms with E-state index < -0.39 is 0 Å². The molecule has 108 valence electrons. The van der Waals surface area contributed by atoms with Crippen LogP contribution in [0, 0.1) is 11.3 Å². The summed E-state index contributed by atoms with van der Waals surface area (Å²) in [6.07, 6.45) is 11.4. The highest BCUT2D eigenvalue weighted by molar-refractivity contribution is 5.76. The van der Waals surface area contributed by atoms with E-state index in [0.29, 0.717) is 17.2 Å². The smallest absolute Gasteiger partial charge is 0.222 e. The van der Waals surface area contributed by atoms with E-state index in [-0.39, 0.29) is 0 Å². The van der Waals surface area contributed by atoms with Gasteiger partial charge in [-0.15, -0.1) is 0 Å². The molecule has 3 fully saturated rings. The Labute approximate surface area is 117 Å². The van der Waals surface area contributed by atoms with Gasteiger partial charge in [0.05, 0.1) is 0 Å². The van der Waals surface area contributed by atoms with Crippen LogP contribution >= 0.6 is 0 Å². The molecular formula is C16H28N2O. The van der Waals surface area contributed by atoms with Crippen molar-refractivity contribution >= 4 is 5.91 Å². The fourth-order valence-corrected chi connectivity index (χ4v) is 4.32. The second-order valence-electron chi connectivity index (χ2n) is 6.99. The summed E-state index contributed by atoms with van der Waals surface area (Å²) in [5.41, 5.74) is 0.630. The molecule has 3 rings (SSSR count). The maximum absolute atomic E-state index is 12.4. The summed E-state index contributed by atoms with van der Waals surface area (Å²) >= 11 is 0. The molecule has 1 amide bonds. The third-order valence-corrected chi connectivity index (χ3v) is 5.76. The first-order valence-corrected chi connectivity index (χ1v) is 8.26. The van der Waals surface area contributed by atoms with Gasteiger partial charge in [-0.25, -0.2) is 0 Å². The SMILES string of the molecule is O=C(CC1CCNCC1)N1CCC2(CCCC2)CC1. The van der Waals surface area contributed by atoms with Gasteiger partial charge in [0.25, 0.3) is 0 Å². The van der Waals surface area contributed by atoms with Gasteiger partial charge >= 0.3 is 0 Å². The Bertz CT molecular complexity index is 307. The lowest BCUT2D eigenvalue weighted by atomic mass is 9.77. The number of carbonyl (C=O) groups is 1. The lowest BCUT2D eigenvalue weighted by Crippen LogP contribution is -2.43. The van der Waals surface area contributed by atoms with Crippen molar-refractivity contribution in [1.82, 2.24) is 10.2 Å². The zero-order valence-electron chi connectivity index (χ0n) is 12.1. The van der Waals surface area contributed by atoms with E-state index in [9.17, 15) is 4.79 Å². The second kappa shape index (κ2) is 5.82. The topological polar surface area (TPSA) is 32.3 Å². The maximum atomic E-state index is 12.4. The van der Waals surface area contributed by atoms with Crippen LogP contribution in [-0.2, 0) is 4.79 Å². The molecule has 1 spiro atoms. The van der Waals surface area contributed by atoms with Crippen LogP contribution in [0.25, 0.3) is 0 Å². The molecule has 3 heteroatoms. The van der Waals surface area contributed by atoms with Gasteiger partial charge in [-0.3, -0.25) is 4.79 Å². The van der Waals surface area contributed by atoms with Crippen molar-refractivity contribution < 1.29 is 4.79 Å². The molecule has 19 heavy (non-hydrogen) atoms. The van der Waals surface area contributed by atoms with Crippen molar-refractivity contribution in [3.63, 3.8) is 0 Å². The van der Waals surface area contributed by atoms with Gasteiger partial charge < -0.3 is 10.2 Å². The first-order chi connectivity index (χ1) is 9.27. The van der Waals surface area contributed by atoms with Crippen LogP contribution in [0.2, 0.25) is 0 Å². The molecule has 2 aliphatic heterocycles. The minimum atomic E-state index is 0.430. The van der Waals surface area contributed by atoms with E-state index in [1.54, 1.807) is 0 Å². The third-order valence-electron chi connectivity index (χ3n) is 5.76. The summed E-state index contributed by atoms with van der Waals surface area (Å²) in [4.78, 5) is 14.5. The van der Waals surface area contributed by atoms with Crippen LogP contribution in [0.1, 0.15) is 57.8 Å². The van der Waals surface area contributed by atoms with Crippen molar-refractivity contribution in [3.05, 3.63) is 0 Å². The fraction of sp³-hybridized carbons (Fsp3) is 0.938. The molecule has 0 aromatic heterocycles. The van der Waals surface area contributed by atoms with Gasteiger partial charge in [-0.2, -0.15) is 0 Å². The van der Waals surface area contributed by atoms with E-state index in [1.807, 2.05) is 0 Å². The maximum Gasteiger partial charge on any atom is 0.222 e. The van der Waals surface area contributed by atoms with E-state index in [2.05, 4.69) is 10.2 Å². The summed E-state index contributed by atoms with van der Waals surface area (Å²) in [5, 5.41) is 3.38. The van der Waals surface area contributed by atoms with Gasteiger partial charge in [-0.05, 0) is 62.9 Å². The lowest BCUT2D eigenvalue weighted by Gasteiger charge is -2.40. The largest absolute Gasteiger partial charge is 0.343 e. The number of hydrogen-bond donors (Lipinski definition) is 1. The quantitative estimate of drug-likeness (QED) is 0.831. The molecule has 0 bridgehead atoms. The van der Waals surface area contributed by atoms with E-state index in [4.69, 9.17) is 0 Å². The Morgan fingerprint density at radius 1 is 1.05 bits per heavy atom. The van der Waals surface area contributed by atoms with Crippen molar-refractivity contribution in [2.75, 3.05) is 26.2 Å². The first-order valence-electron chi connectivity index (χ1n) is 8.26. The van der Waals surface area contributed by atoms with Crippen molar-refractivity contribution in [2.24, 2.45) is 11.3 Å². The highest BCUT2D eigenvalue weighted by Gasteiger charge is 2.38. The van der Waals surface area contributed by atoms with Gasteiger partial charge in [0.2, 0.25) is 5.91 Å². The van der Waals surface area contributed by atoms with Gasteiger partial charge in [0.15, 0.2) is 0 Å². The van der Waals surface area contributed by atoms with Crippen LogP contribution in [0.4, 0.5) is 0 Å². The average molecular weight is 264 g/mol. The van der Waals surface area contributed by atoms with Crippen LogP contribution in [-0.4, -0.2) is 37.0 Å². The Kier molecular flexibility index (Phi) is 4.11. The number of amides is 1. The number of hydrogen-bond acceptors (Lipinski definition) is 2. The molecule has 1 N–H and O–H groups in total. The monoisotopic (exact) mass is 264 g/mol. The predicted molar refractivity (Wildman–Crippen MR) is 76.9 cm³/mol. The number of likely N-dealkylation sites (tertiary alicyclic amines) is 1.